The van der Waals surface area contributed by atoms with Gasteiger partial charge in [0.1, 0.15) is 5.69 Å². The minimum atomic E-state index is -1.69. The number of amides is 2. The topological polar surface area (TPSA) is 97.6 Å². The molecule has 0 N–H and O–H groups in total. The Bertz CT molecular complexity index is 2130. The molecule has 8 rings (SSSR count). The molecule has 0 radical (unpaired) electrons. The predicted octanol–water partition coefficient (Wildman–Crippen LogP) is 8.85. The average Bonchev–Trinajstić information content (AvgIpc) is 3.61. The van der Waals surface area contributed by atoms with Gasteiger partial charge in [-0.3, -0.25) is 24.5 Å². The molecule has 1 saturated heterocycles. The molecule has 2 amide bonds. The Balaban J connectivity index is 1.55. The fourth-order valence-corrected chi connectivity index (χ4v) is 9.03. The Morgan fingerprint density at radius 2 is 1.06 bits per heavy atom. The molecule has 0 spiro atoms. The highest BCUT2D eigenvalue weighted by atomic mass is 79.9. The third-order valence-corrected chi connectivity index (χ3v) is 11.1. The van der Waals surface area contributed by atoms with Gasteiger partial charge in [0, 0.05) is 20.6 Å². The van der Waals surface area contributed by atoms with Crippen molar-refractivity contribution in [3.63, 3.8) is 0 Å². The van der Waals surface area contributed by atoms with Gasteiger partial charge < -0.3 is 0 Å². The molecular formula is C39H23BrCl2N2O5. The van der Waals surface area contributed by atoms with Gasteiger partial charge in [0.15, 0.2) is 5.78 Å². The first-order chi connectivity index (χ1) is 23.6. The Morgan fingerprint density at radius 1 is 0.633 bits per heavy atom. The molecule has 4 atom stereocenters. The number of fused-ring (bicyclic) bond motifs is 5. The van der Waals surface area contributed by atoms with E-state index in [2.05, 4.69) is 15.9 Å². The predicted molar refractivity (Wildman–Crippen MR) is 191 cm³/mol. The maximum Gasteiger partial charge on any atom is 0.294 e. The summed E-state index contributed by atoms with van der Waals surface area (Å²) in [5.41, 5.74) is -0.386. The zero-order valence-corrected chi connectivity index (χ0v) is 28.4. The molecule has 1 heterocycles. The molecule has 2 aliphatic carbocycles. The molecule has 5 aromatic carbocycles. The Hall–Kier alpha value is -4.89. The van der Waals surface area contributed by atoms with Crippen LogP contribution < -0.4 is 4.90 Å². The Labute approximate surface area is 299 Å². The van der Waals surface area contributed by atoms with Crippen molar-refractivity contribution in [2.45, 2.75) is 10.8 Å². The lowest BCUT2D eigenvalue weighted by Crippen LogP contribution is -2.45. The van der Waals surface area contributed by atoms with E-state index in [0.717, 1.165) is 4.90 Å². The number of rotatable bonds is 6. The van der Waals surface area contributed by atoms with Crippen LogP contribution in [0.25, 0.3) is 11.1 Å². The number of ketones is 1. The first-order valence-electron chi connectivity index (χ1n) is 15.4. The van der Waals surface area contributed by atoms with Crippen molar-refractivity contribution in [1.29, 1.82) is 0 Å². The quantitative estimate of drug-likeness (QED) is 0.0982. The molecule has 49 heavy (non-hydrogen) atoms. The van der Waals surface area contributed by atoms with E-state index in [-0.39, 0.29) is 11.5 Å². The lowest BCUT2D eigenvalue weighted by Gasteiger charge is -2.39. The number of allylic oxidation sites excluding steroid dienone is 2. The van der Waals surface area contributed by atoms with Crippen molar-refractivity contribution in [2.75, 3.05) is 4.90 Å². The molecule has 1 saturated carbocycles. The SMILES string of the molecule is O=C1[C@@H]2[C@H](C(=O)N1c1ccc(Br)cc1[N+](=O)[O-])[C@@]1(c3ccc(Cl)cc3)C(=O)[C@@]2(c2ccc(Cl)cc2)C(c2ccccc2)=C1c1ccccc1. The van der Waals surface area contributed by atoms with Crippen LogP contribution in [-0.4, -0.2) is 22.5 Å². The minimum Gasteiger partial charge on any atom is -0.297 e. The van der Waals surface area contributed by atoms with Crippen molar-refractivity contribution in [2.24, 2.45) is 11.8 Å². The lowest BCUT2D eigenvalue weighted by atomic mass is 9.59. The number of anilines is 1. The summed E-state index contributed by atoms with van der Waals surface area (Å²) in [6.07, 6.45) is 0. The number of Topliss-reactive ketones (excluding diaryl/α,β-unsaturated/α-hetero) is 1. The summed E-state index contributed by atoms with van der Waals surface area (Å²) in [5, 5.41) is 13.2. The maximum absolute atomic E-state index is 16.0. The van der Waals surface area contributed by atoms with Crippen LogP contribution in [0.15, 0.2) is 132 Å². The second kappa shape index (κ2) is 11.3. The van der Waals surface area contributed by atoms with E-state index < -0.39 is 45.1 Å². The second-order valence-corrected chi connectivity index (χ2v) is 14.1. The summed E-state index contributed by atoms with van der Waals surface area (Å²) in [6, 6.07) is 36.5. The van der Waals surface area contributed by atoms with E-state index in [9.17, 15) is 10.1 Å². The van der Waals surface area contributed by atoms with Crippen LogP contribution in [-0.2, 0) is 25.2 Å². The molecule has 0 unspecified atom stereocenters. The Morgan fingerprint density at radius 3 is 1.47 bits per heavy atom. The second-order valence-electron chi connectivity index (χ2n) is 12.3. The van der Waals surface area contributed by atoms with Crippen LogP contribution in [0.5, 0.6) is 0 Å². The van der Waals surface area contributed by atoms with E-state index in [4.69, 9.17) is 23.2 Å². The largest absolute Gasteiger partial charge is 0.297 e. The van der Waals surface area contributed by atoms with E-state index in [0.29, 0.717) is 47.9 Å². The van der Waals surface area contributed by atoms with Crippen LogP contribution in [0.1, 0.15) is 22.3 Å². The van der Waals surface area contributed by atoms with Crippen molar-refractivity contribution >= 4 is 79.3 Å². The monoisotopic (exact) mass is 748 g/mol. The third kappa shape index (κ3) is 4.17. The number of hydrogen-bond acceptors (Lipinski definition) is 5. The third-order valence-electron chi connectivity index (χ3n) is 10.1. The number of carbonyl (C=O) groups excluding carboxylic acids is 3. The van der Waals surface area contributed by atoms with Gasteiger partial charge in [0.25, 0.3) is 5.69 Å². The van der Waals surface area contributed by atoms with Gasteiger partial charge in [-0.05, 0) is 69.8 Å². The number of hydrogen-bond donors (Lipinski definition) is 0. The van der Waals surface area contributed by atoms with E-state index in [1.807, 2.05) is 60.7 Å². The molecule has 3 aliphatic rings. The zero-order valence-electron chi connectivity index (χ0n) is 25.3. The lowest BCUT2D eigenvalue weighted by molar-refractivity contribution is -0.384. The summed E-state index contributed by atoms with van der Waals surface area (Å²) in [6.45, 7) is 0. The van der Waals surface area contributed by atoms with Gasteiger partial charge in [-0.25, -0.2) is 4.90 Å². The van der Waals surface area contributed by atoms with E-state index in [1.165, 1.54) is 12.1 Å². The molecule has 5 aromatic rings. The van der Waals surface area contributed by atoms with E-state index >= 15 is 14.4 Å². The standard InChI is InChI=1S/C39H23BrCl2N2O5/c40-26-15-20-29(30(21-26)44(48)49)43-35(45)33-34(36(43)46)39(25-13-18-28(42)19-14-25)32(23-9-5-2-6-10-23)31(22-7-3-1-4-8-22)38(33,37(39)47)24-11-16-27(41)17-12-24/h1-21,33-34H/t33-,34+,38-,39-/m0/s1. The number of halogens is 3. The highest BCUT2D eigenvalue weighted by molar-refractivity contribution is 9.10. The van der Waals surface area contributed by atoms with Gasteiger partial charge in [-0.15, -0.1) is 0 Å². The van der Waals surface area contributed by atoms with Gasteiger partial charge in [-0.1, -0.05) is 124 Å². The van der Waals surface area contributed by atoms with Gasteiger partial charge in [-0.2, -0.15) is 0 Å². The summed E-state index contributed by atoms with van der Waals surface area (Å²) < 4.78 is 0.409. The first-order valence-corrected chi connectivity index (χ1v) is 16.9. The normalized spacial score (nSPS) is 24.1. The summed E-state index contributed by atoms with van der Waals surface area (Å²) in [4.78, 5) is 58.9. The average molecular weight is 750 g/mol. The first kappa shape index (κ1) is 31.4. The van der Waals surface area contributed by atoms with Gasteiger partial charge >= 0.3 is 0 Å². The molecule has 0 aromatic heterocycles. The number of carbonyl (C=O) groups is 3. The maximum atomic E-state index is 16.0. The van der Waals surface area contributed by atoms with Crippen LogP contribution in [0.3, 0.4) is 0 Å². The van der Waals surface area contributed by atoms with Crippen LogP contribution in [0.2, 0.25) is 10.0 Å². The molecule has 1 aliphatic heterocycles. The van der Waals surface area contributed by atoms with Crippen LogP contribution >= 0.6 is 39.1 Å². The summed E-state index contributed by atoms with van der Waals surface area (Å²) >= 11 is 16.1. The molecule has 7 nitrogen and oxygen atoms in total. The zero-order chi connectivity index (χ0) is 34.2. The van der Waals surface area contributed by atoms with Crippen LogP contribution in [0.4, 0.5) is 11.4 Å². The summed E-state index contributed by atoms with van der Waals surface area (Å²) in [5.74, 6) is -4.23. The smallest absolute Gasteiger partial charge is 0.294 e. The Kier molecular flexibility index (Phi) is 7.26. The van der Waals surface area contributed by atoms with Gasteiger partial charge in [0.2, 0.25) is 11.8 Å². The molecular weight excluding hydrogens is 727 g/mol. The molecule has 240 valence electrons. The minimum absolute atomic E-state index is 0.163. The van der Waals surface area contributed by atoms with Gasteiger partial charge in [0.05, 0.1) is 27.6 Å². The highest BCUT2D eigenvalue weighted by Crippen LogP contribution is 2.74. The van der Waals surface area contributed by atoms with E-state index in [1.54, 1.807) is 54.6 Å². The fourth-order valence-electron chi connectivity index (χ4n) is 8.43. The fraction of sp³-hybridized carbons (Fsp3) is 0.103. The summed E-state index contributed by atoms with van der Waals surface area (Å²) in [7, 11) is 0. The number of nitro groups is 1. The molecule has 2 bridgehead atoms. The number of nitrogens with zero attached hydrogens (tertiary/aromatic N) is 2. The number of imide groups is 1. The number of benzene rings is 5. The van der Waals surface area contributed by atoms with Crippen molar-refractivity contribution in [3.8, 4) is 0 Å². The molecule has 2 fully saturated rings. The van der Waals surface area contributed by atoms with Crippen molar-refractivity contribution in [1.82, 2.24) is 0 Å². The highest BCUT2D eigenvalue weighted by Gasteiger charge is 2.83. The molecule has 10 heteroatoms. The van der Waals surface area contributed by atoms with Crippen molar-refractivity contribution < 1.29 is 19.3 Å². The van der Waals surface area contributed by atoms with Crippen molar-refractivity contribution in [3.05, 3.63) is 174 Å². The van der Waals surface area contributed by atoms with Crippen LogP contribution in [0, 0.1) is 22.0 Å². The number of nitro benzene ring substituents is 1.